The Morgan fingerprint density at radius 2 is 1.74 bits per heavy atom. The second-order valence-corrected chi connectivity index (χ2v) is 9.24. The molecular formula is C17H28N6O3S. The molecule has 0 N–H and O–H groups in total. The number of piperazine rings is 1. The van der Waals surface area contributed by atoms with E-state index in [9.17, 15) is 13.2 Å². The molecule has 0 saturated carbocycles. The quantitative estimate of drug-likeness (QED) is 0.692. The van der Waals surface area contributed by atoms with E-state index < -0.39 is 10.0 Å². The first-order valence-electron chi connectivity index (χ1n) is 9.36. The fraction of sp³-hybridized carbons (Fsp3) is 0.706. The lowest BCUT2D eigenvalue weighted by atomic mass is 10.1. The van der Waals surface area contributed by atoms with Gasteiger partial charge in [0.25, 0.3) is 0 Å². The molecule has 2 aliphatic heterocycles. The second-order valence-electron chi connectivity index (χ2n) is 7.15. The molecule has 0 atom stereocenters. The number of piperidine rings is 1. The summed E-state index contributed by atoms with van der Waals surface area (Å²) >= 11 is 0. The number of rotatable bonds is 5. The first-order chi connectivity index (χ1) is 12.8. The third-order valence-corrected chi connectivity index (χ3v) is 6.41. The molecule has 150 valence electrons. The van der Waals surface area contributed by atoms with Gasteiger partial charge in [0.1, 0.15) is 5.82 Å². The Labute approximate surface area is 161 Å². The first kappa shape index (κ1) is 19.8. The molecule has 2 saturated heterocycles. The normalized spacial score (nSPS) is 18.9. The Balaban J connectivity index is 1.57. The summed E-state index contributed by atoms with van der Waals surface area (Å²) in [5, 5.41) is 0. The smallest absolute Gasteiger partial charge is 0.238 e. The minimum Gasteiger partial charge on any atom is -0.353 e. The topological polar surface area (TPSA) is 90.0 Å². The van der Waals surface area contributed by atoms with Crippen LogP contribution in [0.1, 0.15) is 19.3 Å². The Hall–Kier alpha value is -1.94. The molecule has 0 aliphatic carbocycles. The van der Waals surface area contributed by atoms with Crippen molar-refractivity contribution in [1.29, 1.82) is 0 Å². The number of amides is 1. The highest BCUT2D eigenvalue weighted by molar-refractivity contribution is 7.88. The van der Waals surface area contributed by atoms with Crippen LogP contribution in [0.15, 0.2) is 12.3 Å². The predicted molar refractivity (Wildman–Crippen MR) is 104 cm³/mol. The van der Waals surface area contributed by atoms with Crippen molar-refractivity contribution in [3.63, 3.8) is 0 Å². The molecule has 1 aromatic rings. The van der Waals surface area contributed by atoms with Crippen LogP contribution >= 0.6 is 0 Å². The van der Waals surface area contributed by atoms with Crippen molar-refractivity contribution >= 4 is 27.7 Å². The van der Waals surface area contributed by atoms with Crippen molar-refractivity contribution in [3.8, 4) is 0 Å². The lowest BCUT2D eigenvalue weighted by Gasteiger charge is -2.36. The zero-order valence-electron chi connectivity index (χ0n) is 16.0. The van der Waals surface area contributed by atoms with Crippen LogP contribution in [0.2, 0.25) is 0 Å². The number of carbonyl (C=O) groups is 1. The monoisotopic (exact) mass is 396 g/mol. The van der Waals surface area contributed by atoms with Gasteiger partial charge in [-0.2, -0.15) is 9.29 Å². The third-order valence-electron chi connectivity index (χ3n) is 5.15. The Bertz CT molecular complexity index is 758. The van der Waals surface area contributed by atoms with E-state index in [4.69, 9.17) is 4.98 Å². The summed E-state index contributed by atoms with van der Waals surface area (Å²) in [6, 6.07) is 1.91. The second kappa shape index (κ2) is 8.39. The van der Waals surface area contributed by atoms with Gasteiger partial charge in [-0.15, -0.1) is 0 Å². The minimum absolute atomic E-state index is 0.120. The Morgan fingerprint density at radius 1 is 1.07 bits per heavy atom. The number of aromatic nitrogens is 2. The van der Waals surface area contributed by atoms with Crippen molar-refractivity contribution in [2.75, 3.05) is 68.9 Å². The zero-order valence-corrected chi connectivity index (χ0v) is 16.9. The molecule has 0 bridgehead atoms. The number of anilines is 2. The molecule has 3 heterocycles. The number of hydrogen-bond acceptors (Lipinski definition) is 7. The summed E-state index contributed by atoms with van der Waals surface area (Å²) in [4.78, 5) is 27.6. The predicted octanol–water partition coefficient (Wildman–Crippen LogP) is 0.00690. The van der Waals surface area contributed by atoms with E-state index in [0.717, 1.165) is 35.4 Å². The number of nitrogens with zero attached hydrogens (tertiary/aromatic N) is 6. The first-order valence-corrected chi connectivity index (χ1v) is 11.2. The summed E-state index contributed by atoms with van der Waals surface area (Å²) in [5.41, 5.74) is 0. The van der Waals surface area contributed by atoms with Gasteiger partial charge < -0.3 is 14.7 Å². The average molecular weight is 397 g/mol. The van der Waals surface area contributed by atoms with Crippen molar-refractivity contribution in [2.45, 2.75) is 19.3 Å². The number of likely N-dealkylation sites (N-methyl/N-ethyl adjacent to an activating group) is 1. The van der Waals surface area contributed by atoms with Crippen LogP contribution < -0.4 is 9.80 Å². The average Bonchev–Trinajstić information content (AvgIpc) is 2.68. The summed E-state index contributed by atoms with van der Waals surface area (Å²) in [5.74, 6) is 1.49. The minimum atomic E-state index is -3.35. The summed E-state index contributed by atoms with van der Waals surface area (Å²) in [7, 11) is -1.93. The largest absolute Gasteiger partial charge is 0.353 e. The fourth-order valence-corrected chi connectivity index (χ4v) is 3.70. The maximum absolute atomic E-state index is 12.3. The molecule has 0 unspecified atom stereocenters. The highest BCUT2D eigenvalue weighted by Crippen LogP contribution is 2.20. The molecule has 27 heavy (non-hydrogen) atoms. The zero-order chi connectivity index (χ0) is 19.4. The van der Waals surface area contributed by atoms with E-state index in [1.807, 2.05) is 6.07 Å². The van der Waals surface area contributed by atoms with Crippen LogP contribution in [0.3, 0.4) is 0 Å². The summed E-state index contributed by atoms with van der Waals surface area (Å²) < 4.78 is 24.0. The molecule has 1 aromatic heterocycles. The molecule has 0 spiro atoms. The van der Waals surface area contributed by atoms with Gasteiger partial charge in [0.2, 0.25) is 21.9 Å². The maximum Gasteiger partial charge on any atom is 0.238 e. The molecule has 9 nitrogen and oxygen atoms in total. The number of sulfonamides is 1. The Kier molecular flexibility index (Phi) is 6.15. The van der Waals surface area contributed by atoms with E-state index in [1.54, 1.807) is 11.1 Å². The molecular weight excluding hydrogens is 368 g/mol. The van der Waals surface area contributed by atoms with Gasteiger partial charge in [-0.3, -0.25) is 4.79 Å². The van der Waals surface area contributed by atoms with Crippen molar-refractivity contribution in [1.82, 2.24) is 19.2 Å². The van der Waals surface area contributed by atoms with E-state index in [0.29, 0.717) is 26.2 Å². The van der Waals surface area contributed by atoms with E-state index in [2.05, 4.69) is 14.8 Å². The molecule has 0 radical (unpaired) electrons. The van der Waals surface area contributed by atoms with Gasteiger partial charge in [-0.1, -0.05) is 0 Å². The molecule has 1 amide bonds. The standard InChI is InChI=1S/C17H28N6O3S/c1-20(27(2,25)26)14-16(24)22-12-10-21(11-13-22)15-6-7-18-17(19-15)23-8-4-3-5-9-23/h6-7H,3-5,8-14H2,1-2H3. The van der Waals surface area contributed by atoms with Crippen molar-refractivity contribution < 1.29 is 13.2 Å². The van der Waals surface area contributed by atoms with Gasteiger partial charge in [-0.25, -0.2) is 13.4 Å². The van der Waals surface area contributed by atoms with Gasteiger partial charge >= 0.3 is 0 Å². The van der Waals surface area contributed by atoms with Gasteiger partial charge in [-0.05, 0) is 25.3 Å². The van der Waals surface area contributed by atoms with Crippen LogP contribution in [-0.2, 0) is 14.8 Å². The lowest BCUT2D eigenvalue weighted by molar-refractivity contribution is -0.131. The maximum atomic E-state index is 12.3. The van der Waals surface area contributed by atoms with Gasteiger partial charge in [0, 0.05) is 52.5 Å². The van der Waals surface area contributed by atoms with Gasteiger partial charge in [0.15, 0.2) is 0 Å². The van der Waals surface area contributed by atoms with Crippen LogP contribution in [0.25, 0.3) is 0 Å². The van der Waals surface area contributed by atoms with Crippen molar-refractivity contribution in [3.05, 3.63) is 12.3 Å². The molecule has 2 aliphatic rings. The van der Waals surface area contributed by atoms with Crippen molar-refractivity contribution in [2.24, 2.45) is 0 Å². The molecule has 2 fully saturated rings. The highest BCUT2D eigenvalue weighted by Gasteiger charge is 2.25. The summed E-state index contributed by atoms with van der Waals surface area (Å²) in [6.07, 6.45) is 6.52. The van der Waals surface area contributed by atoms with Crippen LogP contribution in [0, 0.1) is 0 Å². The van der Waals surface area contributed by atoms with Crippen LogP contribution in [0.5, 0.6) is 0 Å². The van der Waals surface area contributed by atoms with Gasteiger partial charge in [0.05, 0.1) is 12.8 Å². The van der Waals surface area contributed by atoms with E-state index in [1.165, 1.54) is 26.3 Å². The Morgan fingerprint density at radius 3 is 2.37 bits per heavy atom. The molecule has 10 heteroatoms. The molecule has 3 rings (SSSR count). The number of carbonyl (C=O) groups excluding carboxylic acids is 1. The lowest BCUT2D eigenvalue weighted by Crippen LogP contribution is -2.51. The van der Waals surface area contributed by atoms with E-state index >= 15 is 0 Å². The SMILES string of the molecule is CN(CC(=O)N1CCN(c2ccnc(N3CCCCC3)n2)CC1)S(C)(=O)=O. The van der Waals surface area contributed by atoms with E-state index in [-0.39, 0.29) is 12.5 Å². The number of hydrogen-bond donors (Lipinski definition) is 0. The molecule has 0 aromatic carbocycles. The van der Waals surface area contributed by atoms with Crippen LogP contribution in [0.4, 0.5) is 11.8 Å². The fourth-order valence-electron chi connectivity index (χ4n) is 3.35. The third kappa shape index (κ3) is 5.07. The highest BCUT2D eigenvalue weighted by atomic mass is 32.2. The summed E-state index contributed by atoms with van der Waals surface area (Å²) in [6.45, 7) is 4.33. The van der Waals surface area contributed by atoms with Crippen LogP contribution in [-0.4, -0.2) is 92.6 Å².